The summed E-state index contributed by atoms with van der Waals surface area (Å²) in [4.78, 5) is 15.2. The second kappa shape index (κ2) is 6.71. The van der Waals surface area contributed by atoms with E-state index in [0.29, 0.717) is 11.8 Å². The maximum atomic E-state index is 11.5. The normalized spacial score (nSPS) is 20.0. The number of amides is 1. The van der Waals surface area contributed by atoms with Crippen molar-refractivity contribution in [3.05, 3.63) is 18.2 Å². The van der Waals surface area contributed by atoms with Gasteiger partial charge in [-0.25, -0.2) is 0 Å². The van der Waals surface area contributed by atoms with Crippen molar-refractivity contribution in [3.8, 4) is 0 Å². The van der Waals surface area contributed by atoms with Crippen molar-refractivity contribution >= 4 is 29.0 Å². The van der Waals surface area contributed by atoms with Gasteiger partial charge >= 0.3 is 0 Å². The number of nitrogens with one attached hydrogen (secondary N) is 2. The maximum absolute atomic E-state index is 11.5. The van der Waals surface area contributed by atoms with Gasteiger partial charge in [0.1, 0.15) is 0 Å². The first-order valence-corrected chi connectivity index (χ1v) is 8.79. The molecule has 21 heavy (non-hydrogen) atoms. The molecule has 2 heterocycles. The van der Waals surface area contributed by atoms with Gasteiger partial charge in [0, 0.05) is 29.7 Å². The number of hydrogen-bond acceptors (Lipinski definition) is 4. The van der Waals surface area contributed by atoms with Crippen molar-refractivity contribution in [2.75, 3.05) is 36.0 Å². The Labute approximate surface area is 130 Å². The Hall–Kier alpha value is -1.20. The predicted octanol–water partition coefficient (Wildman–Crippen LogP) is 3.02. The summed E-state index contributed by atoms with van der Waals surface area (Å²) in [6.45, 7) is 5.82. The minimum absolute atomic E-state index is 0.0949. The molecule has 0 aromatic heterocycles. The zero-order valence-electron chi connectivity index (χ0n) is 12.5. The highest BCUT2D eigenvalue weighted by Gasteiger charge is 2.20. The Balaban J connectivity index is 1.59. The lowest BCUT2D eigenvalue weighted by Gasteiger charge is -2.32. The van der Waals surface area contributed by atoms with Gasteiger partial charge in [-0.1, -0.05) is 6.92 Å². The van der Waals surface area contributed by atoms with Gasteiger partial charge in [0.25, 0.3) is 0 Å². The molecule has 3 rings (SSSR count). The second-order valence-corrected chi connectivity index (χ2v) is 6.83. The van der Waals surface area contributed by atoms with Gasteiger partial charge < -0.3 is 15.5 Å². The minimum Gasteiger partial charge on any atom is -0.382 e. The van der Waals surface area contributed by atoms with Crippen LogP contribution in [-0.4, -0.2) is 42.2 Å². The summed E-state index contributed by atoms with van der Waals surface area (Å²) in [6.07, 6.45) is 3.62. The largest absolute Gasteiger partial charge is 0.382 e. The molecule has 0 unspecified atom stereocenters. The van der Waals surface area contributed by atoms with Crippen molar-refractivity contribution < 1.29 is 4.79 Å². The molecular formula is C16H23N3OS. The number of piperidine rings is 1. The average Bonchev–Trinajstić information content (AvgIpc) is 2.49. The molecule has 1 amide bonds. The number of likely N-dealkylation sites (tertiary alicyclic amines) is 1. The molecule has 0 aliphatic carbocycles. The van der Waals surface area contributed by atoms with E-state index in [4.69, 9.17) is 0 Å². The van der Waals surface area contributed by atoms with Crippen LogP contribution in [0.2, 0.25) is 0 Å². The number of anilines is 2. The van der Waals surface area contributed by atoms with Gasteiger partial charge in [0.2, 0.25) is 5.91 Å². The minimum atomic E-state index is 0.0949. The fourth-order valence-corrected chi connectivity index (χ4v) is 3.81. The van der Waals surface area contributed by atoms with Gasteiger partial charge in [-0.05, 0) is 44.0 Å². The summed E-state index contributed by atoms with van der Waals surface area (Å²) >= 11 is 1.61. The molecule has 0 atom stereocenters. The topological polar surface area (TPSA) is 44.4 Å². The lowest BCUT2D eigenvalue weighted by atomic mass is 10.0. The van der Waals surface area contributed by atoms with E-state index in [-0.39, 0.29) is 5.91 Å². The highest BCUT2D eigenvalue weighted by atomic mass is 32.2. The number of fused-ring (bicyclic) bond motifs is 1. The summed E-state index contributed by atoms with van der Waals surface area (Å²) in [5.74, 6) is 0.618. The zero-order chi connectivity index (χ0) is 14.7. The van der Waals surface area contributed by atoms with Gasteiger partial charge in [-0.3, -0.25) is 4.79 Å². The first kappa shape index (κ1) is 14.7. The van der Waals surface area contributed by atoms with Gasteiger partial charge in [0.05, 0.1) is 11.4 Å². The van der Waals surface area contributed by atoms with E-state index in [1.54, 1.807) is 11.8 Å². The number of carbonyl (C=O) groups excluding carboxylic acids is 1. The number of benzene rings is 1. The third kappa shape index (κ3) is 3.71. The van der Waals surface area contributed by atoms with E-state index in [1.807, 2.05) is 0 Å². The molecule has 0 saturated carbocycles. The van der Waals surface area contributed by atoms with Crippen LogP contribution >= 0.6 is 11.8 Å². The van der Waals surface area contributed by atoms with Crippen molar-refractivity contribution in [3.63, 3.8) is 0 Å². The number of nitrogens with zero attached hydrogens (tertiary/aromatic N) is 1. The fourth-order valence-electron chi connectivity index (χ4n) is 3.03. The second-order valence-electron chi connectivity index (χ2n) is 5.81. The zero-order valence-corrected chi connectivity index (χ0v) is 13.3. The van der Waals surface area contributed by atoms with Gasteiger partial charge in [-0.2, -0.15) is 0 Å². The molecule has 0 spiro atoms. The quantitative estimate of drug-likeness (QED) is 0.897. The van der Waals surface area contributed by atoms with Crippen LogP contribution in [0.1, 0.15) is 26.2 Å². The summed E-state index contributed by atoms with van der Waals surface area (Å²) in [5.41, 5.74) is 2.06. The first-order chi connectivity index (χ1) is 10.2. The molecule has 1 saturated heterocycles. The third-order valence-electron chi connectivity index (χ3n) is 4.11. The van der Waals surface area contributed by atoms with Crippen LogP contribution in [0.15, 0.2) is 23.1 Å². The monoisotopic (exact) mass is 305 g/mol. The number of hydrogen-bond donors (Lipinski definition) is 2. The lowest BCUT2D eigenvalue weighted by Crippen LogP contribution is -2.39. The SMILES string of the molecule is CCCN1CCC(Nc2ccc3c(c2)NC(=O)CS3)CC1. The molecule has 114 valence electrons. The smallest absolute Gasteiger partial charge is 0.234 e. The maximum Gasteiger partial charge on any atom is 0.234 e. The highest BCUT2D eigenvalue weighted by Crippen LogP contribution is 2.33. The standard InChI is InChI=1S/C16H23N3OS/c1-2-7-19-8-5-12(6-9-19)17-13-3-4-15-14(10-13)18-16(20)11-21-15/h3-4,10,12,17H,2,5-9,11H2,1H3,(H,18,20). The lowest BCUT2D eigenvalue weighted by molar-refractivity contribution is -0.113. The molecule has 0 bridgehead atoms. The van der Waals surface area contributed by atoms with E-state index >= 15 is 0 Å². The van der Waals surface area contributed by atoms with Crippen LogP contribution in [0.25, 0.3) is 0 Å². The Bertz CT molecular complexity index is 512. The van der Waals surface area contributed by atoms with E-state index < -0.39 is 0 Å². The summed E-state index contributed by atoms with van der Waals surface area (Å²) in [6, 6.07) is 6.84. The Morgan fingerprint density at radius 3 is 2.95 bits per heavy atom. The molecule has 0 radical (unpaired) electrons. The number of carbonyl (C=O) groups is 1. The number of rotatable bonds is 4. The Morgan fingerprint density at radius 1 is 1.38 bits per heavy atom. The van der Waals surface area contributed by atoms with E-state index in [1.165, 1.54) is 38.9 Å². The molecule has 5 heteroatoms. The van der Waals surface area contributed by atoms with Crippen molar-refractivity contribution in [1.82, 2.24) is 4.90 Å². The molecule has 1 aromatic carbocycles. The predicted molar refractivity (Wildman–Crippen MR) is 89.2 cm³/mol. The molecule has 4 nitrogen and oxygen atoms in total. The fraction of sp³-hybridized carbons (Fsp3) is 0.562. The summed E-state index contributed by atoms with van der Waals surface area (Å²) < 4.78 is 0. The van der Waals surface area contributed by atoms with Crippen LogP contribution < -0.4 is 10.6 Å². The van der Waals surface area contributed by atoms with E-state index in [9.17, 15) is 4.79 Å². The van der Waals surface area contributed by atoms with Crippen LogP contribution in [0.3, 0.4) is 0 Å². The van der Waals surface area contributed by atoms with Gasteiger partial charge in [-0.15, -0.1) is 11.8 Å². The van der Waals surface area contributed by atoms with Crippen LogP contribution in [0, 0.1) is 0 Å². The first-order valence-electron chi connectivity index (χ1n) is 7.80. The van der Waals surface area contributed by atoms with Crippen molar-refractivity contribution in [2.45, 2.75) is 37.1 Å². The summed E-state index contributed by atoms with van der Waals surface area (Å²) in [5, 5.41) is 6.57. The van der Waals surface area contributed by atoms with Crippen LogP contribution in [-0.2, 0) is 4.79 Å². The van der Waals surface area contributed by atoms with Crippen LogP contribution in [0.5, 0.6) is 0 Å². The number of thioether (sulfide) groups is 1. The third-order valence-corrected chi connectivity index (χ3v) is 5.18. The van der Waals surface area contributed by atoms with Crippen molar-refractivity contribution in [2.24, 2.45) is 0 Å². The highest BCUT2D eigenvalue weighted by molar-refractivity contribution is 8.00. The molecule has 2 N–H and O–H groups in total. The molecular weight excluding hydrogens is 282 g/mol. The van der Waals surface area contributed by atoms with E-state index in [2.05, 4.69) is 40.7 Å². The van der Waals surface area contributed by atoms with E-state index in [0.717, 1.165) is 16.3 Å². The van der Waals surface area contributed by atoms with Gasteiger partial charge in [0.15, 0.2) is 0 Å². The Kier molecular flexibility index (Phi) is 4.70. The van der Waals surface area contributed by atoms with Crippen LogP contribution in [0.4, 0.5) is 11.4 Å². The summed E-state index contributed by atoms with van der Waals surface area (Å²) in [7, 11) is 0. The molecule has 2 aliphatic heterocycles. The molecule has 2 aliphatic rings. The Morgan fingerprint density at radius 2 is 2.19 bits per heavy atom. The molecule has 1 aromatic rings. The average molecular weight is 305 g/mol. The van der Waals surface area contributed by atoms with Crippen molar-refractivity contribution in [1.29, 1.82) is 0 Å². The molecule has 1 fully saturated rings.